The van der Waals surface area contributed by atoms with Crippen LogP contribution in [0.2, 0.25) is 0 Å². The van der Waals surface area contributed by atoms with Crippen molar-refractivity contribution in [2.24, 2.45) is 0 Å². The molecule has 0 aliphatic rings. The lowest BCUT2D eigenvalue weighted by Gasteiger charge is -2.19. The minimum absolute atomic E-state index is 0.0802. The normalized spacial score (nSPS) is 13.8. The molecule has 0 rings (SSSR count). The molecular weight excluding hydrogens is 651 g/mol. The Kier molecular flexibility index (Phi) is 42.0. The molecule has 0 spiro atoms. The maximum Gasteiger partial charge on any atom is 0.220 e. The number of carbonyl (C=O) groups excluding carboxylic acids is 1. The van der Waals surface area contributed by atoms with E-state index >= 15 is 0 Å². The van der Waals surface area contributed by atoms with Crippen molar-refractivity contribution in [1.29, 1.82) is 0 Å². The van der Waals surface area contributed by atoms with Gasteiger partial charge in [-0.1, -0.05) is 208 Å². The number of amides is 1. The lowest BCUT2D eigenvalue weighted by molar-refractivity contribution is -0.123. The first-order chi connectivity index (χ1) is 26.2. The van der Waals surface area contributed by atoms with Crippen molar-refractivity contribution in [3.63, 3.8) is 0 Å². The highest BCUT2D eigenvalue weighted by molar-refractivity contribution is 5.76. The molecule has 0 bridgehead atoms. The highest BCUT2D eigenvalue weighted by Crippen LogP contribution is 2.15. The van der Waals surface area contributed by atoms with Crippen LogP contribution in [0.25, 0.3) is 0 Å². The zero-order valence-corrected chi connectivity index (χ0v) is 34.8. The fourth-order valence-corrected chi connectivity index (χ4v) is 6.21. The maximum absolute atomic E-state index is 12.3. The average Bonchev–Trinajstić information content (AvgIpc) is 3.16. The molecule has 2 unspecified atom stereocenters. The molecule has 0 fully saturated rings. The molecule has 0 aromatic carbocycles. The van der Waals surface area contributed by atoms with E-state index in [2.05, 4.69) is 92.1 Å². The van der Waals surface area contributed by atoms with Crippen LogP contribution in [-0.2, 0) is 4.79 Å². The van der Waals surface area contributed by atoms with Crippen LogP contribution in [0.15, 0.2) is 85.1 Å². The molecule has 3 N–H and O–H groups in total. The number of aliphatic hydroxyl groups is 2. The summed E-state index contributed by atoms with van der Waals surface area (Å²) in [5.74, 6) is -0.0802. The third kappa shape index (κ3) is 40.6. The second-order valence-electron chi connectivity index (χ2n) is 14.7. The van der Waals surface area contributed by atoms with E-state index < -0.39 is 12.1 Å². The topological polar surface area (TPSA) is 69.6 Å². The number of allylic oxidation sites excluding steroid dienone is 13. The molecule has 2 atom stereocenters. The average molecular weight is 736 g/mol. The first kappa shape index (κ1) is 50.6. The molecule has 0 heterocycles. The summed E-state index contributed by atoms with van der Waals surface area (Å²) in [5.41, 5.74) is 0. The van der Waals surface area contributed by atoms with Crippen LogP contribution in [0.4, 0.5) is 0 Å². The number of aliphatic hydroxyl groups excluding tert-OH is 2. The first-order valence-electron chi connectivity index (χ1n) is 22.3. The van der Waals surface area contributed by atoms with Crippen LogP contribution in [-0.4, -0.2) is 34.9 Å². The van der Waals surface area contributed by atoms with Crippen LogP contribution in [0.1, 0.15) is 200 Å². The van der Waals surface area contributed by atoms with Crippen molar-refractivity contribution in [3.05, 3.63) is 85.1 Å². The van der Waals surface area contributed by atoms with Crippen molar-refractivity contribution >= 4 is 5.91 Å². The van der Waals surface area contributed by atoms with Gasteiger partial charge in [0.2, 0.25) is 5.91 Å². The first-order valence-corrected chi connectivity index (χ1v) is 22.3. The second-order valence-corrected chi connectivity index (χ2v) is 14.7. The number of carbonyl (C=O) groups is 1. The Bertz CT molecular complexity index is 972. The van der Waals surface area contributed by atoms with Crippen LogP contribution in [0.5, 0.6) is 0 Å². The number of unbranched alkanes of at least 4 members (excludes halogenated alkanes) is 20. The lowest BCUT2D eigenvalue weighted by Crippen LogP contribution is -2.45. The van der Waals surface area contributed by atoms with Gasteiger partial charge in [-0.25, -0.2) is 0 Å². The Balaban J connectivity index is 3.47. The van der Waals surface area contributed by atoms with Crippen LogP contribution in [0.3, 0.4) is 0 Å². The number of rotatable bonds is 39. The monoisotopic (exact) mass is 736 g/mol. The zero-order valence-electron chi connectivity index (χ0n) is 34.8. The van der Waals surface area contributed by atoms with Gasteiger partial charge in [0.15, 0.2) is 0 Å². The summed E-state index contributed by atoms with van der Waals surface area (Å²) >= 11 is 0. The summed E-state index contributed by atoms with van der Waals surface area (Å²) in [7, 11) is 0. The predicted octanol–water partition coefficient (Wildman–Crippen LogP) is 14.1. The standard InChI is InChI=1S/C49H85NO3/c1-3-5-7-9-11-13-14-15-16-17-18-19-20-21-22-23-24-25-26-27-28-29-30-31-32-33-34-35-36-37-39-41-43-45-49(53)50-47(46-51)48(52)44-42-40-38-12-10-8-6-4-2/h5,7,10-13,15-16,18-19,21-22,42,44,47-48,51-52H,3-4,6,8-9,14,17,20,23-41,43,45-46H2,1-2H3,(H,50,53)/b7-5-,12-10+,13-11-,16-15-,19-18-,22-21-,44-42+. The third-order valence-corrected chi connectivity index (χ3v) is 9.61. The highest BCUT2D eigenvalue weighted by atomic mass is 16.3. The van der Waals surface area contributed by atoms with Gasteiger partial charge in [0, 0.05) is 6.42 Å². The van der Waals surface area contributed by atoms with E-state index in [1.807, 2.05) is 6.08 Å². The van der Waals surface area contributed by atoms with E-state index in [-0.39, 0.29) is 12.5 Å². The molecule has 0 saturated heterocycles. The van der Waals surface area contributed by atoms with Gasteiger partial charge in [0.05, 0.1) is 18.8 Å². The fourth-order valence-electron chi connectivity index (χ4n) is 6.21. The van der Waals surface area contributed by atoms with Crippen LogP contribution >= 0.6 is 0 Å². The molecule has 0 aliphatic carbocycles. The molecule has 0 radical (unpaired) electrons. The Morgan fingerprint density at radius 1 is 0.472 bits per heavy atom. The molecule has 4 nitrogen and oxygen atoms in total. The third-order valence-electron chi connectivity index (χ3n) is 9.61. The molecule has 0 aliphatic heterocycles. The van der Waals surface area contributed by atoms with E-state index in [4.69, 9.17) is 0 Å². The summed E-state index contributed by atoms with van der Waals surface area (Å²) in [4.78, 5) is 12.3. The van der Waals surface area contributed by atoms with E-state index in [1.165, 1.54) is 116 Å². The van der Waals surface area contributed by atoms with Gasteiger partial charge in [0.25, 0.3) is 0 Å². The van der Waals surface area contributed by atoms with E-state index in [0.717, 1.165) is 64.2 Å². The fraction of sp³-hybridized carbons (Fsp3) is 0.694. The van der Waals surface area contributed by atoms with Gasteiger partial charge in [-0.2, -0.15) is 0 Å². The molecule has 4 heteroatoms. The lowest BCUT2D eigenvalue weighted by atomic mass is 10.0. The van der Waals surface area contributed by atoms with Gasteiger partial charge < -0.3 is 15.5 Å². The van der Waals surface area contributed by atoms with Crippen LogP contribution < -0.4 is 5.32 Å². The minimum atomic E-state index is -0.861. The molecule has 0 aromatic rings. The van der Waals surface area contributed by atoms with Crippen molar-refractivity contribution in [2.75, 3.05) is 6.61 Å². The minimum Gasteiger partial charge on any atom is -0.394 e. The van der Waals surface area contributed by atoms with Crippen molar-refractivity contribution in [2.45, 2.75) is 212 Å². The quantitative estimate of drug-likeness (QED) is 0.0435. The summed E-state index contributed by atoms with van der Waals surface area (Å²) in [6.07, 6.45) is 64.4. The summed E-state index contributed by atoms with van der Waals surface area (Å²) in [6, 6.07) is -0.638. The van der Waals surface area contributed by atoms with E-state index in [9.17, 15) is 15.0 Å². The second kappa shape index (κ2) is 44.0. The number of nitrogens with one attached hydrogen (secondary N) is 1. The van der Waals surface area contributed by atoms with Gasteiger partial charge in [-0.05, 0) is 70.6 Å². The zero-order chi connectivity index (χ0) is 38.6. The molecule has 53 heavy (non-hydrogen) atoms. The maximum atomic E-state index is 12.3. The highest BCUT2D eigenvalue weighted by Gasteiger charge is 2.17. The summed E-state index contributed by atoms with van der Waals surface area (Å²) in [5, 5.41) is 22.8. The van der Waals surface area contributed by atoms with Gasteiger partial charge >= 0.3 is 0 Å². The van der Waals surface area contributed by atoms with Crippen molar-refractivity contribution < 1.29 is 15.0 Å². The molecule has 0 aromatic heterocycles. The Morgan fingerprint density at radius 2 is 0.849 bits per heavy atom. The Morgan fingerprint density at radius 3 is 1.32 bits per heavy atom. The van der Waals surface area contributed by atoms with E-state index in [0.29, 0.717) is 6.42 Å². The number of hydrogen-bond acceptors (Lipinski definition) is 3. The van der Waals surface area contributed by atoms with E-state index in [1.54, 1.807) is 6.08 Å². The van der Waals surface area contributed by atoms with Gasteiger partial charge in [-0.3, -0.25) is 4.79 Å². The number of hydrogen-bond donors (Lipinski definition) is 3. The smallest absolute Gasteiger partial charge is 0.220 e. The molecule has 0 saturated carbocycles. The van der Waals surface area contributed by atoms with Crippen LogP contribution in [0, 0.1) is 0 Å². The summed E-state index contributed by atoms with van der Waals surface area (Å²) < 4.78 is 0. The Labute approximate surface area is 329 Å². The summed E-state index contributed by atoms with van der Waals surface area (Å²) in [6.45, 7) is 4.10. The Hall–Kier alpha value is -2.43. The van der Waals surface area contributed by atoms with Gasteiger partial charge in [0.1, 0.15) is 0 Å². The predicted molar refractivity (Wildman–Crippen MR) is 234 cm³/mol. The van der Waals surface area contributed by atoms with Crippen molar-refractivity contribution in [1.82, 2.24) is 5.32 Å². The molecular formula is C49H85NO3. The SMILES string of the molecule is CC/C=C\C/C=C\C/C=C\C/C=C\C/C=C\CCCCCCCCCCCCCCCCCCCC(=O)NC(CO)C(O)/C=C/CC/C=C/CCCC. The van der Waals surface area contributed by atoms with Crippen molar-refractivity contribution in [3.8, 4) is 0 Å². The van der Waals surface area contributed by atoms with Gasteiger partial charge in [-0.15, -0.1) is 0 Å². The molecule has 1 amide bonds. The largest absolute Gasteiger partial charge is 0.394 e. The molecule has 304 valence electrons.